The fourth-order valence-corrected chi connectivity index (χ4v) is 7.86. The Morgan fingerprint density at radius 3 is 2.69 bits per heavy atom. The molecule has 0 unspecified atom stereocenters. The van der Waals surface area contributed by atoms with Gasteiger partial charge >= 0.3 is 0 Å². The van der Waals surface area contributed by atoms with Crippen LogP contribution in [0, 0.1) is 34.5 Å². The van der Waals surface area contributed by atoms with E-state index in [1.807, 2.05) is 6.92 Å². The van der Waals surface area contributed by atoms with Crippen LogP contribution < -0.4 is 0 Å². The van der Waals surface area contributed by atoms with E-state index < -0.39 is 0 Å². The molecule has 4 rings (SSSR count). The minimum atomic E-state index is -0.175. The Kier molecular flexibility index (Phi) is 4.74. The Bertz CT molecular complexity index is 582. The summed E-state index contributed by atoms with van der Waals surface area (Å²) >= 11 is 0. The van der Waals surface area contributed by atoms with Crippen molar-refractivity contribution in [2.24, 2.45) is 34.5 Å². The quantitative estimate of drug-likeness (QED) is 0.576. The van der Waals surface area contributed by atoms with Crippen LogP contribution in [0.25, 0.3) is 0 Å². The van der Waals surface area contributed by atoms with Gasteiger partial charge in [-0.05, 0) is 99.2 Å². The SMILES string of the molecule is C[C@@H](O)[C@H]1CC[C@H]2[C@@H]3CC=C4CC[C@H](OC=O)CC[C@]4(C)[C@H]3CC[C@]12C. The van der Waals surface area contributed by atoms with E-state index in [2.05, 4.69) is 19.9 Å². The van der Waals surface area contributed by atoms with Crippen molar-refractivity contribution in [1.82, 2.24) is 0 Å². The van der Waals surface area contributed by atoms with Crippen LogP contribution in [0.4, 0.5) is 0 Å². The molecule has 0 aliphatic heterocycles. The van der Waals surface area contributed by atoms with Crippen molar-refractivity contribution in [1.29, 1.82) is 0 Å². The number of rotatable bonds is 3. The van der Waals surface area contributed by atoms with Gasteiger partial charge in [0.25, 0.3) is 6.47 Å². The summed E-state index contributed by atoms with van der Waals surface area (Å²) in [6.45, 7) is 7.62. The highest BCUT2D eigenvalue weighted by Crippen LogP contribution is 2.66. The van der Waals surface area contributed by atoms with Gasteiger partial charge in [-0.2, -0.15) is 0 Å². The van der Waals surface area contributed by atoms with Crippen molar-refractivity contribution < 1.29 is 14.6 Å². The predicted molar refractivity (Wildman–Crippen MR) is 102 cm³/mol. The summed E-state index contributed by atoms with van der Waals surface area (Å²) in [6, 6.07) is 0. The molecule has 0 saturated heterocycles. The van der Waals surface area contributed by atoms with Crippen LogP contribution >= 0.6 is 0 Å². The molecule has 26 heavy (non-hydrogen) atoms. The van der Waals surface area contributed by atoms with Gasteiger partial charge < -0.3 is 9.84 Å². The molecule has 0 radical (unpaired) electrons. The summed E-state index contributed by atoms with van der Waals surface area (Å²) in [6.07, 6.45) is 13.0. The molecule has 4 aliphatic carbocycles. The van der Waals surface area contributed by atoms with Crippen molar-refractivity contribution in [3.63, 3.8) is 0 Å². The first-order chi connectivity index (χ1) is 12.4. The Morgan fingerprint density at radius 1 is 1.15 bits per heavy atom. The average Bonchev–Trinajstić information content (AvgIpc) is 2.87. The van der Waals surface area contributed by atoms with Crippen LogP contribution in [0.3, 0.4) is 0 Å². The first kappa shape index (κ1) is 18.5. The number of aliphatic hydroxyl groups excluding tert-OH is 1. The zero-order valence-electron chi connectivity index (χ0n) is 16.7. The summed E-state index contributed by atoms with van der Waals surface area (Å²) in [5, 5.41) is 10.4. The Hall–Kier alpha value is -0.830. The molecule has 1 N–H and O–H groups in total. The first-order valence-corrected chi connectivity index (χ1v) is 10.9. The topological polar surface area (TPSA) is 46.5 Å². The summed E-state index contributed by atoms with van der Waals surface area (Å²) in [5.41, 5.74) is 2.25. The lowest BCUT2D eigenvalue weighted by molar-refractivity contribution is -0.134. The average molecular weight is 361 g/mol. The van der Waals surface area contributed by atoms with Crippen LogP contribution in [0.5, 0.6) is 0 Å². The van der Waals surface area contributed by atoms with E-state index in [0.717, 1.165) is 43.4 Å². The van der Waals surface area contributed by atoms with Crippen LogP contribution in [0.2, 0.25) is 0 Å². The minimum Gasteiger partial charge on any atom is -0.465 e. The molecule has 3 fully saturated rings. The van der Waals surface area contributed by atoms with Crippen LogP contribution in [-0.4, -0.2) is 23.8 Å². The first-order valence-electron chi connectivity index (χ1n) is 10.9. The van der Waals surface area contributed by atoms with Gasteiger partial charge in [-0.3, -0.25) is 4.79 Å². The molecule has 146 valence electrons. The highest BCUT2D eigenvalue weighted by molar-refractivity contribution is 5.37. The van der Waals surface area contributed by atoms with E-state index in [1.165, 1.54) is 32.1 Å². The van der Waals surface area contributed by atoms with E-state index in [0.29, 0.717) is 17.8 Å². The molecule has 0 aromatic carbocycles. The molecule has 0 heterocycles. The maximum atomic E-state index is 10.8. The monoisotopic (exact) mass is 360 g/mol. The van der Waals surface area contributed by atoms with E-state index in [4.69, 9.17) is 4.74 Å². The van der Waals surface area contributed by atoms with E-state index in [1.54, 1.807) is 5.57 Å². The Labute approximate surface area is 158 Å². The molecule has 3 heteroatoms. The molecule has 0 aromatic rings. The molecular formula is C23H36O3. The van der Waals surface area contributed by atoms with Gasteiger partial charge in [-0.1, -0.05) is 25.5 Å². The molecule has 3 nitrogen and oxygen atoms in total. The third-order valence-electron chi connectivity index (χ3n) is 9.25. The lowest BCUT2D eigenvalue weighted by Crippen LogP contribution is -2.49. The summed E-state index contributed by atoms with van der Waals surface area (Å²) in [4.78, 5) is 10.8. The third kappa shape index (κ3) is 2.68. The predicted octanol–water partition coefficient (Wildman–Crippen LogP) is 4.88. The molecule has 0 amide bonds. The van der Waals surface area contributed by atoms with Gasteiger partial charge in [0.15, 0.2) is 0 Å². The second kappa shape index (κ2) is 6.65. The van der Waals surface area contributed by atoms with E-state index >= 15 is 0 Å². The van der Waals surface area contributed by atoms with Crippen molar-refractivity contribution >= 4 is 6.47 Å². The molecule has 0 bridgehead atoms. The van der Waals surface area contributed by atoms with Crippen LogP contribution in [-0.2, 0) is 9.53 Å². The number of ether oxygens (including phenoxy) is 1. The second-order valence-corrected chi connectivity index (χ2v) is 10.2. The van der Waals surface area contributed by atoms with Gasteiger partial charge in [0.05, 0.1) is 6.10 Å². The number of allylic oxidation sites excluding steroid dienone is 2. The molecule has 0 spiro atoms. The Morgan fingerprint density at radius 2 is 1.96 bits per heavy atom. The highest BCUT2D eigenvalue weighted by atomic mass is 16.5. The fourth-order valence-electron chi connectivity index (χ4n) is 7.86. The second-order valence-electron chi connectivity index (χ2n) is 10.2. The van der Waals surface area contributed by atoms with Crippen molar-refractivity contribution in [3.05, 3.63) is 11.6 Å². The van der Waals surface area contributed by atoms with Crippen molar-refractivity contribution in [3.8, 4) is 0 Å². The zero-order chi connectivity index (χ0) is 18.5. The molecule has 8 atom stereocenters. The standard InChI is InChI=1S/C23H36O3/c1-15(25)19-8-9-20-18-7-5-16-4-6-17(26-14-24)10-12-22(16,2)21(18)11-13-23(19,20)3/h5,14-15,17-21,25H,4,6-13H2,1-3H3/t15-,17+,18+,19-,20+,21+,22+,23-/m1/s1. The van der Waals surface area contributed by atoms with Gasteiger partial charge in [-0.15, -0.1) is 0 Å². The van der Waals surface area contributed by atoms with E-state index in [9.17, 15) is 9.90 Å². The maximum Gasteiger partial charge on any atom is 0.293 e. The maximum absolute atomic E-state index is 10.8. The largest absolute Gasteiger partial charge is 0.465 e. The number of hydrogen-bond donors (Lipinski definition) is 1. The number of carbonyl (C=O) groups is 1. The summed E-state index contributed by atoms with van der Waals surface area (Å²) < 4.78 is 5.34. The molecule has 4 aliphatic rings. The Balaban J connectivity index is 1.60. The van der Waals surface area contributed by atoms with Gasteiger partial charge in [-0.25, -0.2) is 0 Å². The van der Waals surface area contributed by atoms with Gasteiger partial charge in [0.2, 0.25) is 0 Å². The smallest absolute Gasteiger partial charge is 0.293 e. The van der Waals surface area contributed by atoms with Crippen LogP contribution in [0.1, 0.15) is 78.6 Å². The number of carbonyl (C=O) groups excluding carboxylic acids is 1. The number of hydrogen-bond acceptors (Lipinski definition) is 3. The normalized spacial score (nSPS) is 49.1. The lowest BCUT2D eigenvalue weighted by Gasteiger charge is -2.56. The fraction of sp³-hybridized carbons (Fsp3) is 0.870. The van der Waals surface area contributed by atoms with E-state index in [-0.39, 0.29) is 17.6 Å². The molecular weight excluding hydrogens is 324 g/mol. The number of fused-ring (bicyclic) bond motifs is 5. The van der Waals surface area contributed by atoms with Crippen LogP contribution in [0.15, 0.2) is 11.6 Å². The minimum absolute atomic E-state index is 0.106. The molecule has 0 aromatic heterocycles. The highest BCUT2D eigenvalue weighted by Gasteiger charge is 2.58. The summed E-state index contributed by atoms with van der Waals surface area (Å²) in [7, 11) is 0. The van der Waals surface area contributed by atoms with Gasteiger partial charge in [0, 0.05) is 0 Å². The van der Waals surface area contributed by atoms with Crippen molar-refractivity contribution in [2.45, 2.75) is 90.8 Å². The summed E-state index contributed by atoms with van der Waals surface area (Å²) in [5.74, 6) is 2.78. The number of aliphatic hydroxyl groups is 1. The third-order valence-corrected chi connectivity index (χ3v) is 9.25. The molecule has 3 saturated carbocycles. The van der Waals surface area contributed by atoms with Gasteiger partial charge in [0.1, 0.15) is 6.10 Å². The zero-order valence-corrected chi connectivity index (χ0v) is 16.7. The van der Waals surface area contributed by atoms with Crippen molar-refractivity contribution in [2.75, 3.05) is 0 Å². The lowest BCUT2D eigenvalue weighted by atomic mass is 9.48.